The Balaban J connectivity index is 1.77. The van der Waals surface area contributed by atoms with Crippen molar-refractivity contribution in [1.82, 2.24) is 10.1 Å². The van der Waals surface area contributed by atoms with Gasteiger partial charge in [0.2, 0.25) is 11.8 Å². The maximum atomic E-state index is 13.0. The van der Waals surface area contributed by atoms with Crippen LogP contribution in [0.5, 0.6) is 0 Å². The number of hydrogen-bond acceptors (Lipinski definition) is 4. The van der Waals surface area contributed by atoms with Crippen molar-refractivity contribution < 1.29 is 27.3 Å². The largest absolute Gasteiger partial charge is 0.394 e. The van der Waals surface area contributed by atoms with E-state index in [1.54, 1.807) is 24.3 Å². The van der Waals surface area contributed by atoms with Crippen LogP contribution in [-0.4, -0.2) is 41.1 Å². The molecule has 3 rings (SSSR count). The van der Waals surface area contributed by atoms with Crippen LogP contribution in [-0.2, 0) is 16.0 Å². The minimum atomic E-state index is -4.59. The number of carbonyl (C=O) groups is 2. The highest BCUT2D eigenvalue weighted by Crippen LogP contribution is 2.37. The molecule has 1 aliphatic rings. The highest BCUT2D eigenvalue weighted by atomic mass is 19.4. The predicted octanol–water partition coefficient (Wildman–Crippen LogP) is 1.49. The number of nitrogens with zero attached hydrogens (tertiary/aromatic N) is 2. The third-order valence-corrected chi connectivity index (χ3v) is 4.23. The number of para-hydroxylation sites is 1. The van der Waals surface area contributed by atoms with E-state index in [4.69, 9.17) is 10.3 Å². The number of primary amides is 1. The van der Waals surface area contributed by atoms with E-state index < -0.39 is 36.4 Å². The van der Waals surface area contributed by atoms with Gasteiger partial charge in [-0.15, -0.1) is 0 Å². The highest BCUT2D eigenvalue weighted by Gasteiger charge is 2.52. The molecule has 1 saturated heterocycles. The Morgan fingerprint density at radius 1 is 1.29 bits per heavy atom. The molecule has 2 heterocycles. The van der Waals surface area contributed by atoms with Gasteiger partial charge in [0.05, 0.1) is 18.3 Å². The first kappa shape index (κ1) is 16.3. The van der Waals surface area contributed by atoms with Gasteiger partial charge >= 0.3 is 6.18 Å². The third kappa shape index (κ3) is 2.93. The summed E-state index contributed by atoms with van der Waals surface area (Å²) in [6.45, 7) is -0.917. The number of hydrogen-bond donors (Lipinski definition) is 1. The van der Waals surface area contributed by atoms with Crippen LogP contribution in [0.4, 0.5) is 13.2 Å². The summed E-state index contributed by atoms with van der Waals surface area (Å²) >= 11 is 0. The highest BCUT2D eigenvalue weighted by molar-refractivity contribution is 5.87. The molecule has 9 heteroatoms. The first-order valence-corrected chi connectivity index (χ1v) is 7.24. The van der Waals surface area contributed by atoms with E-state index in [1.165, 1.54) is 0 Å². The van der Waals surface area contributed by atoms with Gasteiger partial charge in [0.15, 0.2) is 5.58 Å². The summed E-state index contributed by atoms with van der Waals surface area (Å²) in [5.41, 5.74) is 5.89. The molecule has 1 aromatic carbocycles. The smallest absolute Gasteiger partial charge is 0.369 e. The number of fused-ring (bicyclic) bond motifs is 1. The van der Waals surface area contributed by atoms with E-state index in [0.717, 1.165) is 4.90 Å². The van der Waals surface area contributed by atoms with Gasteiger partial charge in [0.25, 0.3) is 0 Å². The van der Waals surface area contributed by atoms with Crippen LogP contribution in [0, 0.1) is 11.8 Å². The van der Waals surface area contributed by atoms with E-state index in [1.807, 2.05) is 0 Å². The molecule has 0 unspecified atom stereocenters. The molecule has 0 bridgehead atoms. The number of nitrogens with two attached hydrogens (primary N) is 1. The summed E-state index contributed by atoms with van der Waals surface area (Å²) in [4.78, 5) is 24.6. The third-order valence-electron chi connectivity index (χ3n) is 4.23. The molecule has 2 atom stereocenters. The fraction of sp³-hybridized carbons (Fsp3) is 0.400. The van der Waals surface area contributed by atoms with Crippen molar-refractivity contribution in [1.29, 1.82) is 0 Å². The topological polar surface area (TPSA) is 89.4 Å². The second-order valence-corrected chi connectivity index (χ2v) is 5.76. The van der Waals surface area contributed by atoms with Crippen molar-refractivity contribution in [3.8, 4) is 0 Å². The zero-order valence-electron chi connectivity index (χ0n) is 12.4. The fourth-order valence-electron chi connectivity index (χ4n) is 2.95. The monoisotopic (exact) mass is 341 g/mol. The Morgan fingerprint density at radius 3 is 2.62 bits per heavy atom. The normalized spacial score (nSPS) is 21.4. The van der Waals surface area contributed by atoms with E-state index in [9.17, 15) is 22.8 Å². The number of rotatable bonds is 3. The van der Waals surface area contributed by atoms with Crippen molar-refractivity contribution in [2.45, 2.75) is 12.6 Å². The minimum absolute atomic E-state index is 0.201. The lowest BCUT2D eigenvalue weighted by molar-refractivity contribution is -0.182. The predicted molar refractivity (Wildman–Crippen MR) is 76.5 cm³/mol. The van der Waals surface area contributed by atoms with Gasteiger partial charge in [-0.25, -0.2) is 0 Å². The number of aromatic nitrogens is 1. The Morgan fingerprint density at radius 2 is 2.00 bits per heavy atom. The fourth-order valence-corrected chi connectivity index (χ4v) is 2.95. The summed E-state index contributed by atoms with van der Waals surface area (Å²) in [5.74, 6) is -4.97. The maximum Gasteiger partial charge on any atom is 0.394 e. The van der Waals surface area contributed by atoms with Gasteiger partial charge in [-0.1, -0.05) is 17.3 Å². The van der Waals surface area contributed by atoms with E-state index in [2.05, 4.69) is 5.16 Å². The summed E-state index contributed by atoms with van der Waals surface area (Å²) in [7, 11) is 0. The van der Waals surface area contributed by atoms with Crippen LogP contribution < -0.4 is 5.73 Å². The quantitative estimate of drug-likeness (QED) is 0.916. The molecule has 1 aliphatic heterocycles. The number of carbonyl (C=O) groups excluding carboxylic acids is 2. The van der Waals surface area contributed by atoms with Gasteiger partial charge in [-0.2, -0.15) is 13.2 Å². The lowest BCUT2D eigenvalue weighted by Crippen LogP contribution is -2.37. The molecule has 24 heavy (non-hydrogen) atoms. The average Bonchev–Trinajstić information content (AvgIpc) is 3.11. The standard InChI is InChI=1S/C15H14F3N3O3/c16-15(17,18)10-7-21(6-9(10)14(19)23)13(22)5-11-8-3-1-2-4-12(8)24-20-11/h1-4,9-10H,5-7H2,(H2,19,23)/t9-,10-/m1/s1. The van der Waals surface area contributed by atoms with Crippen LogP contribution in [0.3, 0.4) is 0 Å². The Labute approximate surface area is 134 Å². The van der Waals surface area contributed by atoms with Crippen LogP contribution in [0.15, 0.2) is 28.8 Å². The van der Waals surface area contributed by atoms with Crippen LogP contribution in [0.2, 0.25) is 0 Å². The molecule has 2 aromatic rings. The van der Waals surface area contributed by atoms with Gasteiger partial charge in [-0.05, 0) is 12.1 Å². The molecule has 6 nitrogen and oxygen atoms in total. The van der Waals surface area contributed by atoms with Gasteiger partial charge in [0.1, 0.15) is 5.69 Å². The Hall–Kier alpha value is -2.58. The van der Waals surface area contributed by atoms with Gasteiger partial charge in [-0.3, -0.25) is 9.59 Å². The second kappa shape index (κ2) is 5.81. The zero-order chi connectivity index (χ0) is 17.5. The number of alkyl halides is 3. The zero-order valence-corrected chi connectivity index (χ0v) is 12.4. The molecular formula is C15H14F3N3O3. The van der Waals surface area contributed by atoms with E-state index >= 15 is 0 Å². The molecule has 128 valence electrons. The second-order valence-electron chi connectivity index (χ2n) is 5.76. The lowest BCUT2D eigenvalue weighted by atomic mass is 9.95. The van der Waals surface area contributed by atoms with E-state index in [-0.39, 0.29) is 13.0 Å². The van der Waals surface area contributed by atoms with E-state index in [0.29, 0.717) is 16.7 Å². The molecule has 0 aliphatic carbocycles. The number of likely N-dealkylation sites (tertiary alicyclic amines) is 1. The van der Waals surface area contributed by atoms with Gasteiger partial charge < -0.3 is 15.2 Å². The Bertz CT molecular complexity index is 787. The first-order chi connectivity index (χ1) is 11.3. The number of halogens is 3. The molecule has 0 spiro atoms. The van der Waals surface area contributed by atoms with Crippen LogP contribution >= 0.6 is 0 Å². The van der Waals surface area contributed by atoms with Crippen LogP contribution in [0.1, 0.15) is 5.69 Å². The summed E-state index contributed by atoms with van der Waals surface area (Å²) in [6, 6.07) is 6.87. The molecule has 0 radical (unpaired) electrons. The van der Waals surface area contributed by atoms with Crippen molar-refractivity contribution >= 4 is 22.8 Å². The molecule has 0 saturated carbocycles. The summed E-state index contributed by atoms with van der Waals surface area (Å²) < 4.78 is 44.1. The first-order valence-electron chi connectivity index (χ1n) is 7.24. The molecule has 2 amide bonds. The van der Waals surface area contributed by atoms with Crippen LogP contribution in [0.25, 0.3) is 11.0 Å². The van der Waals surface area contributed by atoms with Crippen molar-refractivity contribution in [3.63, 3.8) is 0 Å². The maximum absolute atomic E-state index is 13.0. The summed E-state index contributed by atoms with van der Waals surface area (Å²) in [5, 5.41) is 4.42. The Kier molecular flexibility index (Phi) is 3.94. The summed E-state index contributed by atoms with van der Waals surface area (Å²) in [6.07, 6.45) is -4.79. The average molecular weight is 341 g/mol. The number of benzene rings is 1. The molecular weight excluding hydrogens is 327 g/mol. The minimum Gasteiger partial charge on any atom is -0.369 e. The molecule has 1 aromatic heterocycles. The van der Waals surface area contributed by atoms with Crippen molar-refractivity contribution in [2.24, 2.45) is 17.6 Å². The van der Waals surface area contributed by atoms with Gasteiger partial charge in [0, 0.05) is 18.5 Å². The molecule has 2 N–H and O–H groups in total. The SMILES string of the molecule is NC(=O)[C@@H]1CN(C(=O)Cc2noc3ccccc23)C[C@H]1C(F)(F)F. The number of amides is 2. The molecule has 1 fully saturated rings. The lowest BCUT2D eigenvalue weighted by Gasteiger charge is -2.18. The van der Waals surface area contributed by atoms with Crippen molar-refractivity contribution in [3.05, 3.63) is 30.0 Å². The van der Waals surface area contributed by atoms with Crippen molar-refractivity contribution in [2.75, 3.05) is 13.1 Å².